The van der Waals surface area contributed by atoms with E-state index in [1.165, 1.54) is 5.57 Å². The first-order valence-electron chi connectivity index (χ1n) is 6.57. The third-order valence-electron chi connectivity index (χ3n) is 3.25. The molecule has 102 valence electrons. The first-order chi connectivity index (χ1) is 9.15. The summed E-state index contributed by atoms with van der Waals surface area (Å²) < 4.78 is 5.53. The minimum atomic E-state index is 0.152. The molecule has 0 spiro atoms. The maximum absolute atomic E-state index is 11.9. The van der Waals surface area contributed by atoms with Crippen LogP contribution in [0.3, 0.4) is 0 Å². The third kappa shape index (κ3) is 4.02. The van der Waals surface area contributed by atoms with Crippen LogP contribution < -0.4 is 10.5 Å². The SMILES string of the molecule is CC1=CCN(C(=O)CCOc2ccc(N)cc2)CC1. The van der Waals surface area contributed by atoms with Crippen LogP contribution in [0.1, 0.15) is 19.8 Å². The van der Waals surface area contributed by atoms with Crippen LogP contribution in [0.15, 0.2) is 35.9 Å². The highest BCUT2D eigenvalue weighted by atomic mass is 16.5. The van der Waals surface area contributed by atoms with Gasteiger partial charge in [-0.15, -0.1) is 0 Å². The second-order valence-electron chi connectivity index (χ2n) is 4.81. The maximum atomic E-state index is 11.9. The molecule has 1 amide bonds. The fourth-order valence-corrected chi connectivity index (χ4v) is 1.98. The number of nitrogens with zero attached hydrogens (tertiary/aromatic N) is 1. The Hall–Kier alpha value is -1.97. The number of benzene rings is 1. The molecular weight excluding hydrogens is 240 g/mol. The minimum Gasteiger partial charge on any atom is -0.493 e. The van der Waals surface area contributed by atoms with Crippen LogP contribution in [0, 0.1) is 0 Å². The van der Waals surface area contributed by atoms with Crippen LogP contribution in [0.4, 0.5) is 5.69 Å². The zero-order valence-electron chi connectivity index (χ0n) is 11.3. The fourth-order valence-electron chi connectivity index (χ4n) is 1.98. The van der Waals surface area contributed by atoms with Gasteiger partial charge in [0.2, 0.25) is 5.91 Å². The minimum absolute atomic E-state index is 0.152. The number of carbonyl (C=O) groups excluding carboxylic acids is 1. The molecule has 0 radical (unpaired) electrons. The van der Waals surface area contributed by atoms with Crippen LogP contribution >= 0.6 is 0 Å². The lowest BCUT2D eigenvalue weighted by Crippen LogP contribution is -2.35. The van der Waals surface area contributed by atoms with Gasteiger partial charge in [0.1, 0.15) is 5.75 Å². The number of nitrogen functional groups attached to an aromatic ring is 1. The Morgan fingerprint density at radius 2 is 2.11 bits per heavy atom. The summed E-state index contributed by atoms with van der Waals surface area (Å²) in [4.78, 5) is 13.8. The highest BCUT2D eigenvalue weighted by Crippen LogP contribution is 2.14. The molecule has 0 aromatic heterocycles. The van der Waals surface area contributed by atoms with Crippen molar-refractivity contribution in [3.05, 3.63) is 35.9 Å². The lowest BCUT2D eigenvalue weighted by molar-refractivity contribution is -0.131. The maximum Gasteiger partial charge on any atom is 0.226 e. The molecule has 1 aliphatic heterocycles. The number of hydrogen-bond acceptors (Lipinski definition) is 3. The van der Waals surface area contributed by atoms with E-state index in [4.69, 9.17) is 10.5 Å². The van der Waals surface area contributed by atoms with E-state index in [-0.39, 0.29) is 5.91 Å². The summed E-state index contributed by atoms with van der Waals surface area (Å²) in [5, 5.41) is 0. The third-order valence-corrected chi connectivity index (χ3v) is 3.25. The van der Waals surface area contributed by atoms with Crippen molar-refractivity contribution in [2.75, 3.05) is 25.4 Å². The van der Waals surface area contributed by atoms with Crippen LogP contribution in [0.2, 0.25) is 0 Å². The van der Waals surface area contributed by atoms with Gasteiger partial charge in [0.25, 0.3) is 0 Å². The molecule has 1 aliphatic rings. The van der Waals surface area contributed by atoms with E-state index >= 15 is 0 Å². The van der Waals surface area contributed by atoms with Crippen LogP contribution in [0.25, 0.3) is 0 Å². The highest BCUT2D eigenvalue weighted by Gasteiger charge is 2.15. The Morgan fingerprint density at radius 3 is 2.74 bits per heavy atom. The zero-order valence-corrected chi connectivity index (χ0v) is 11.3. The van der Waals surface area contributed by atoms with Gasteiger partial charge < -0.3 is 15.4 Å². The molecular formula is C15H20N2O2. The Balaban J connectivity index is 1.73. The summed E-state index contributed by atoms with van der Waals surface area (Å²) in [6.07, 6.45) is 3.50. The summed E-state index contributed by atoms with van der Waals surface area (Å²) in [7, 11) is 0. The molecule has 2 N–H and O–H groups in total. The number of hydrogen-bond donors (Lipinski definition) is 1. The monoisotopic (exact) mass is 260 g/mol. The van der Waals surface area contributed by atoms with E-state index in [1.54, 1.807) is 12.1 Å². The standard InChI is InChI=1S/C15H20N2O2/c1-12-6-9-17(10-7-12)15(18)8-11-19-14-4-2-13(16)3-5-14/h2-6H,7-11,16H2,1H3. The van der Waals surface area contributed by atoms with Gasteiger partial charge in [0, 0.05) is 18.8 Å². The molecule has 0 saturated carbocycles. The molecule has 4 nitrogen and oxygen atoms in total. The van der Waals surface area contributed by atoms with Gasteiger partial charge in [0.05, 0.1) is 13.0 Å². The number of ether oxygens (including phenoxy) is 1. The molecule has 0 fully saturated rings. The first-order valence-corrected chi connectivity index (χ1v) is 6.57. The van der Waals surface area contributed by atoms with Crippen molar-refractivity contribution in [2.24, 2.45) is 0 Å². The van der Waals surface area contributed by atoms with Crippen molar-refractivity contribution in [3.63, 3.8) is 0 Å². The lowest BCUT2D eigenvalue weighted by atomic mass is 10.1. The topological polar surface area (TPSA) is 55.6 Å². The van der Waals surface area contributed by atoms with Crippen molar-refractivity contribution >= 4 is 11.6 Å². The van der Waals surface area contributed by atoms with Gasteiger partial charge >= 0.3 is 0 Å². The van der Waals surface area contributed by atoms with Crippen LogP contribution in [-0.2, 0) is 4.79 Å². The summed E-state index contributed by atoms with van der Waals surface area (Å²) in [6.45, 7) is 4.06. The molecule has 0 saturated heterocycles. The molecule has 0 unspecified atom stereocenters. The average molecular weight is 260 g/mol. The predicted octanol–water partition coefficient (Wildman–Crippen LogP) is 2.22. The molecule has 2 rings (SSSR count). The van der Waals surface area contributed by atoms with Gasteiger partial charge in [-0.2, -0.15) is 0 Å². The second kappa shape index (κ2) is 6.27. The smallest absolute Gasteiger partial charge is 0.226 e. The molecule has 0 aliphatic carbocycles. The summed E-state index contributed by atoms with van der Waals surface area (Å²) in [5.41, 5.74) is 7.66. The van der Waals surface area contributed by atoms with Crippen molar-refractivity contribution in [1.82, 2.24) is 4.90 Å². The van der Waals surface area contributed by atoms with E-state index in [9.17, 15) is 4.79 Å². The summed E-state index contributed by atoms with van der Waals surface area (Å²) in [6, 6.07) is 7.20. The van der Waals surface area contributed by atoms with E-state index in [2.05, 4.69) is 13.0 Å². The number of anilines is 1. The Bertz CT molecular complexity index is 466. The molecule has 1 aromatic rings. The lowest BCUT2D eigenvalue weighted by Gasteiger charge is -2.25. The first kappa shape index (κ1) is 13.5. The number of carbonyl (C=O) groups is 1. The second-order valence-corrected chi connectivity index (χ2v) is 4.81. The quantitative estimate of drug-likeness (QED) is 0.667. The number of amides is 1. The van der Waals surface area contributed by atoms with E-state index in [0.29, 0.717) is 18.7 Å². The molecule has 1 aromatic carbocycles. The predicted molar refractivity (Wildman–Crippen MR) is 75.9 cm³/mol. The van der Waals surface area contributed by atoms with E-state index < -0.39 is 0 Å². The Morgan fingerprint density at radius 1 is 1.37 bits per heavy atom. The van der Waals surface area contributed by atoms with Crippen molar-refractivity contribution in [2.45, 2.75) is 19.8 Å². The fraction of sp³-hybridized carbons (Fsp3) is 0.400. The summed E-state index contributed by atoms with van der Waals surface area (Å²) in [5.74, 6) is 0.899. The van der Waals surface area contributed by atoms with Crippen LogP contribution in [0.5, 0.6) is 5.75 Å². The molecule has 4 heteroatoms. The van der Waals surface area contributed by atoms with Gasteiger partial charge in [-0.1, -0.05) is 11.6 Å². The zero-order chi connectivity index (χ0) is 13.7. The van der Waals surface area contributed by atoms with Gasteiger partial charge in [-0.25, -0.2) is 0 Å². The van der Waals surface area contributed by atoms with Gasteiger partial charge in [-0.3, -0.25) is 4.79 Å². The van der Waals surface area contributed by atoms with E-state index in [1.807, 2.05) is 17.0 Å². The number of rotatable bonds is 4. The number of nitrogens with two attached hydrogens (primary N) is 1. The molecule has 19 heavy (non-hydrogen) atoms. The molecule has 0 atom stereocenters. The van der Waals surface area contributed by atoms with E-state index in [0.717, 1.165) is 25.3 Å². The summed E-state index contributed by atoms with van der Waals surface area (Å²) >= 11 is 0. The van der Waals surface area contributed by atoms with Crippen molar-refractivity contribution in [1.29, 1.82) is 0 Å². The van der Waals surface area contributed by atoms with Gasteiger partial charge in [-0.05, 0) is 37.6 Å². The van der Waals surface area contributed by atoms with Gasteiger partial charge in [0.15, 0.2) is 0 Å². The highest BCUT2D eigenvalue weighted by molar-refractivity contribution is 5.76. The van der Waals surface area contributed by atoms with Crippen LogP contribution in [-0.4, -0.2) is 30.5 Å². The Labute approximate surface area is 113 Å². The molecule has 0 bridgehead atoms. The van der Waals surface area contributed by atoms with Crippen molar-refractivity contribution in [3.8, 4) is 5.75 Å². The molecule has 1 heterocycles. The van der Waals surface area contributed by atoms with Crippen molar-refractivity contribution < 1.29 is 9.53 Å². The largest absolute Gasteiger partial charge is 0.493 e. The average Bonchev–Trinajstić information content (AvgIpc) is 2.41. The Kier molecular flexibility index (Phi) is 4.44. The normalized spacial score (nSPS) is 15.0.